The minimum atomic E-state index is -2.66. The summed E-state index contributed by atoms with van der Waals surface area (Å²) in [5.74, 6) is 0. The first-order valence-corrected chi connectivity index (χ1v) is 6.85. The summed E-state index contributed by atoms with van der Waals surface area (Å²) in [5.41, 5.74) is 0. The minimum Gasteiger partial charge on any atom is -0.315 e. The second kappa shape index (κ2) is 4.70. The van der Waals surface area contributed by atoms with Crippen LogP contribution in [0, 0.1) is 3.57 Å². The molecule has 13 heavy (non-hydrogen) atoms. The van der Waals surface area contributed by atoms with Crippen LogP contribution in [-0.4, -0.2) is 24.2 Å². The number of hydrogen-bond donors (Lipinski definition) is 0. The van der Waals surface area contributed by atoms with Gasteiger partial charge in [0.25, 0.3) is 0 Å². The van der Waals surface area contributed by atoms with E-state index < -0.39 is 6.72 Å². The molecule has 0 unspecified atom stereocenters. The van der Waals surface area contributed by atoms with Crippen molar-refractivity contribution in [1.29, 1.82) is 0 Å². The summed E-state index contributed by atoms with van der Waals surface area (Å²) in [6, 6.07) is 0. The maximum absolute atomic E-state index is 5.20. The zero-order valence-corrected chi connectivity index (χ0v) is 10.9. The van der Waals surface area contributed by atoms with Crippen molar-refractivity contribution in [3.8, 4) is 0 Å². The molecule has 0 aliphatic carbocycles. The van der Waals surface area contributed by atoms with Crippen molar-refractivity contribution in [1.82, 2.24) is 9.94 Å². The molecule has 0 saturated carbocycles. The first-order valence-electron chi connectivity index (χ1n) is 3.21. The van der Waals surface area contributed by atoms with Crippen LogP contribution in [0.1, 0.15) is 0 Å². The molecular weight excluding hydrogens is 326 g/mol. The fourth-order valence-electron chi connectivity index (χ4n) is 0.573. The lowest BCUT2D eigenvalue weighted by molar-refractivity contribution is 0.162. The van der Waals surface area contributed by atoms with Gasteiger partial charge in [-0.15, -0.1) is 5.10 Å². The maximum Gasteiger partial charge on any atom is 0.401 e. The Bertz CT molecular complexity index is 323. The van der Waals surface area contributed by atoms with Crippen LogP contribution in [0.15, 0.2) is 12.4 Å². The monoisotopic (exact) mass is 334 g/mol. The molecule has 0 aromatic carbocycles. The molecule has 0 radical (unpaired) electrons. The van der Waals surface area contributed by atoms with Gasteiger partial charge in [0.2, 0.25) is 0 Å². The van der Waals surface area contributed by atoms with E-state index in [1.54, 1.807) is 12.4 Å². The van der Waals surface area contributed by atoms with Gasteiger partial charge in [-0.3, -0.25) is 0 Å². The molecule has 1 aromatic rings. The van der Waals surface area contributed by atoms with Gasteiger partial charge in [-0.05, 0) is 22.6 Å². The first-order chi connectivity index (χ1) is 6.09. The van der Waals surface area contributed by atoms with Gasteiger partial charge in [0, 0.05) is 26.0 Å². The highest BCUT2D eigenvalue weighted by Gasteiger charge is 2.19. The third-order valence-corrected chi connectivity index (χ3v) is 4.07. The Hall–Kier alpha value is 0.310. The highest BCUT2D eigenvalue weighted by Crippen LogP contribution is 2.44. The standard InChI is InChI=1S/C5H8IN2O3PS/c1-9-12(13,10-2)11-8-4-5(6)3-7-8/h3-4H,1-2H3. The maximum atomic E-state index is 5.20. The zero-order valence-electron chi connectivity index (χ0n) is 7.01. The Morgan fingerprint density at radius 1 is 1.54 bits per heavy atom. The molecule has 0 saturated heterocycles. The van der Waals surface area contributed by atoms with Crippen molar-refractivity contribution in [3.05, 3.63) is 16.0 Å². The van der Waals surface area contributed by atoms with Crippen molar-refractivity contribution >= 4 is 41.1 Å². The Labute approximate surface area is 94.7 Å². The number of halogens is 1. The third-order valence-electron chi connectivity index (χ3n) is 1.16. The van der Waals surface area contributed by atoms with Crippen molar-refractivity contribution in [3.63, 3.8) is 0 Å². The predicted molar refractivity (Wildman–Crippen MR) is 59.8 cm³/mol. The minimum absolute atomic E-state index is 0.950. The van der Waals surface area contributed by atoms with E-state index in [1.165, 1.54) is 19.1 Å². The highest BCUT2D eigenvalue weighted by atomic mass is 127. The molecule has 0 fully saturated rings. The van der Waals surface area contributed by atoms with E-state index in [0.717, 1.165) is 3.57 Å². The highest BCUT2D eigenvalue weighted by molar-refractivity contribution is 14.1. The molecule has 0 atom stereocenters. The smallest absolute Gasteiger partial charge is 0.315 e. The average molecular weight is 334 g/mol. The molecule has 1 heterocycles. The van der Waals surface area contributed by atoms with Gasteiger partial charge in [-0.2, -0.15) is 0 Å². The Kier molecular flexibility index (Phi) is 4.11. The summed E-state index contributed by atoms with van der Waals surface area (Å²) in [4.78, 5) is 1.25. The number of rotatable bonds is 4. The third kappa shape index (κ3) is 3.17. The van der Waals surface area contributed by atoms with Gasteiger partial charge in [0.1, 0.15) is 0 Å². The van der Waals surface area contributed by atoms with Crippen molar-refractivity contribution < 1.29 is 13.7 Å². The summed E-state index contributed by atoms with van der Waals surface area (Å²) in [6.45, 7) is -2.66. The van der Waals surface area contributed by atoms with Crippen LogP contribution in [0.3, 0.4) is 0 Å². The molecule has 1 rings (SSSR count). The quantitative estimate of drug-likeness (QED) is 0.616. The lowest BCUT2D eigenvalue weighted by atomic mass is 10.8. The zero-order chi connectivity index (χ0) is 9.90. The van der Waals surface area contributed by atoms with Crippen molar-refractivity contribution in [2.24, 2.45) is 0 Å². The molecule has 0 amide bonds. The molecule has 0 aliphatic heterocycles. The molecule has 1 aromatic heterocycles. The topological polar surface area (TPSA) is 45.5 Å². The van der Waals surface area contributed by atoms with Gasteiger partial charge in [0.15, 0.2) is 0 Å². The van der Waals surface area contributed by atoms with Crippen molar-refractivity contribution in [2.45, 2.75) is 0 Å². The second-order valence-electron chi connectivity index (χ2n) is 1.96. The summed E-state index contributed by atoms with van der Waals surface area (Å²) in [7, 11) is 2.89. The normalized spacial score (nSPS) is 11.6. The Morgan fingerprint density at radius 3 is 2.54 bits per heavy atom. The summed E-state index contributed by atoms with van der Waals surface area (Å²) >= 11 is 7.09. The van der Waals surface area contributed by atoms with Crippen LogP contribution < -0.4 is 4.62 Å². The molecular formula is C5H8IN2O3PS. The van der Waals surface area contributed by atoms with E-state index in [-0.39, 0.29) is 0 Å². The SMILES string of the molecule is COP(=S)(OC)On1cc(I)cn1. The first kappa shape index (κ1) is 11.4. The fraction of sp³-hybridized carbons (Fsp3) is 0.400. The van der Waals surface area contributed by atoms with Crippen LogP contribution in [-0.2, 0) is 20.9 Å². The lowest BCUT2D eigenvalue weighted by Crippen LogP contribution is -2.11. The van der Waals surface area contributed by atoms with Crippen LogP contribution in [0.5, 0.6) is 0 Å². The van der Waals surface area contributed by atoms with E-state index in [2.05, 4.69) is 27.7 Å². The van der Waals surface area contributed by atoms with E-state index >= 15 is 0 Å². The number of hydrogen-bond acceptors (Lipinski definition) is 5. The molecule has 0 aliphatic rings. The van der Waals surface area contributed by atoms with Crippen LogP contribution >= 0.6 is 29.3 Å². The average Bonchev–Trinajstić information content (AvgIpc) is 2.51. The summed E-state index contributed by atoms with van der Waals surface area (Å²) in [6.07, 6.45) is 3.32. The van der Waals surface area contributed by atoms with Gasteiger partial charge >= 0.3 is 6.72 Å². The Balaban J connectivity index is 2.73. The largest absolute Gasteiger partial charge is 0.401 e. The summed E-state index contributed by atoms with van der Waals surface area (Å²) < 4.78 is 16.0. The van der Waals surface area contributed by atoms with E-state index in [0.29, 0.717) is 0 Å². The van der Waals surface area contributed by atoms with Gasteiger partial charge < -0.3 is 13.7 Å². The van der Waals surface area contributed by atoms with Crippen LogP contribution in [0.4, 0.5) is 0 Å². The fourth-order valence-corrected chi connectivity index (χ4v) is 1.72. The summed E-state index contributed by atoms with van der Waals surface area (Å²) in [5, 5.41) is 3.88. The lowest BCUT2D eigenvalue weighted by Gasteiger charge is -2.16. The predicted octanol–water partition coefficient (Wildman–Crippen LogP) is 1.43. The molecule has 8 heteroatoms. The molecule has 0 spiro atoms. The molecule has 74 valence electrons. The molecule has 0 N–H and O–H groups in total. The molecule has 5 nitrogen and oxygen atoms in total. The van der Waals surface area contributed by atoms with Gasteiger partial charge in [-0.1, -0.05) is 4.85 Å². The van der Waals surface area contributed by atoms with Crippen LogP contribution in [0.2, 0.25) is 0 Å². The van der Waals surface area contributed by atoms with E-state index in [4.69, 9.17) is 25.5 Å². The van der Waals surface area contributed by atoms with Crippen LogP contribution in [0.25, 0.3) is 0 Å². The van der Waals surface area contributed by atoms with Gasteiger partial charge in [0.05, 0.1) is 16.0 Å². The Morgan fingerprint density at radius 2 is 2.15 bits per heavy atom. The second-order valence-corrected chi connectivity index (χ2v) is 6.33. The van der Waals surface area contributed by atoms with E-state index in [1.807, 2.05) is 0 Å². The van der Waals surface area contributed by atoms with E-state index in [9.17, 15) is 0 Å². The van der Waals surface area contributed by atoms with Gasteiger partial charge in [-0.25, -0.2) is 0 Å². The number of nitrogens with zero attached hydrogens (tertiary/aromatic N) is 2. The molecule has 0 bridgehead atoms. The van der Waals surface area contributed by atoms with Crippen molar-refractivity contribution in [2.75, 3.05) is 14.2 Å². The number of aromatic nitrogens is 2.